The molecular weight excluding hydrogens is 250 g/mol. The summed E-state index contributed by atoms with van der Waals surface area (Å²) in [5.41, 5.74) is 7.25. The molecule has 4 nitrogen and oxygen atoms in total. The summed E-state index contributed by atoms with van der Waals surface area (Å²) in [5, 5.41) is 3.97. The fourth-order valence-corrected chi connectivity index (χ4v) is 2.19. The van der Waals surface area contributed by atoms with Crippen LogP contribution in [0.5, 0.6) is 0 Å². The lowest BCUT2D eigenvalue weighted by atomic mass is 10.1. The highest BCUT2D eigenvalue weighted by atomic mass is 16.1. The van der Waals surface area contributed by atoms with E-state index in [0.29, 0.717) is 12.1 Å². The van der Waals surface area contributed by atoms with Crippen LogP contribution in [-0.2, 0) is 0 Å². The molecule has 0 spiro atoms. The van der Waals surface area contributed by atoms with E-state index < -0.39 is 0 Å². The molecule has 0 saturated heterocycles. The van der Waals surface area contributed by atoms with Gasteiger partial charge in [0.2, 0.25) is 0 Å². The molecule has 0 bridgehead atoms. The number of nitrogens with one attached hydrogen (secondary N) is 1. The van der Waals surface area contributed by atoms with E-state index in [-0.39, 0.29) is 11.9 Å². The molecule has 0 fully saturated rings. The number of nitrogens with two attached hydrogens (primary N) is 1. The average Bonchev–Trinajstić information content (AvgIpc) is 2.50. The zero-order valence-corrected chi connectivity index (χ0v) is 11.8. The zero-order valence-electron chi connectivity index (χ0n) is 11.8. The van der Waals surface area contributed by atoms with Crippen LogP contribution in [0.1, 0.15) is 36.5 Å². The van der Waals surface area contributed by atoms with Crippen LogP contribution in [0.2, 0.25) is 0 Å². The molecule has 20 heavy (non-hydrogen) atoms. The Morgan fingerprint density at radius 2 is 2.25 bits per heavy atom. The van der Waals surface area contributed by atoms with Crippen LogP contribution < -0.4 is 11.1 Å². The van der Waals surface area contributed by atoms with Gasteiger partial charge in [0.25, 0.3) is 5.91 Å². The number of unbranched alkanes of at least 4 members (excludes halogenated alkanes) is 1. The number of pyridine rings is 1. The predicted molar refractivity (Wildman–Crippen MR) is 81.6 cm³/mol. The van der Waals surface area contributed by atoms with Crippen LogP contribution in [0.25, 0.3) is 10.9 Å². The fraction of sp³-hybridized carbons (Fsp3) is 0.375. The molecule has 1 atom stereocenters. The number of carbonyl (C=O) groups is 1. The Hall–Kier alpha value is -1.94. The first-order chi connectivity index (χ1) is 9.74. The summed E-state index contributed by atoms with van der Waals surface area (Å²) in [6.45, 7) is 2.60. The number of hydrogen-bond acceptors (Lipinski definition) is 3. The Kier molecular flexibility index (Phi) is 5.07. The largest absolute Gasteiger partial charge is 0.348 e. The van der Waals surface area contributed by atoms with Gasteiger partial charge in [0.1, 0.15) is 0 Å². The van der Waals surface area contributed by atoms with Crippen molar-refractivity contribution in [3.8, 4) is 0 Å². The summed E-state index contributed by atoms with van der Waals surface area (Å²) in [6, 6.07) is 9.41. The number of amides is 1. The van der Waals surface area contributed by atoms with Crippen LogP contribution in [0, 0.1) is 0 Å². The molecule has 2 aromatic rings. The van der Waals surface area contributed by atoms with E-state index in [1.165, 1.54) is 0 Å². The highest BCUT2D eigenvalue weighted by Gasteiger charge is 2.12. The monoisotopic (exact) mass is 271 g/mol. The molecular formula is C16H21N3O. The van der Waals surface area contributed by atoms with Gasteiger partial charge >= 0.3 is 0 Å². The van der Waals surface area contributed by atoms with Crippen molar-refractivity contribution in [2.75, 3.05) is 6.54 Å². The minimum absolute atomic E-state index is 0.0482. The molecule has 4 heteroatoms. The number of fused-ring (bicyclic) bond motifs is 1. The number of hydrogen-bond donors (Lipinski definition) is 2. The quantitative estimate of drug-likeness (QED) is 0.848. The van der Waals surface area contributed by atoms with Crippen LogP contribution in [0.3, 0.4) is 0 Å². The minimum atomic E-state index is -0.0673. The first-order valence-electron chi connectivity index (χ1n) is 7.10. The standard InChI is InChI=1S/C16H21N3O/c1-2-3-6-14(11-17)19-16(20)13-7-8-15-12(10-13)5-4-9-18-15/h4-5,7-10,14H,2-3,6,11,17H2,1H3,(H,19,20). The van der Waals surface area contributed by atoms with Gasteiger partial charge in [-0.05, 0) is 30.7 Å². The molecule has 0 radical (unpaired) electrons. The highest BCUT2D eigenvalue weighted by Crippen LogP contribution is 2.13. The summed E-state index contributed by atoms with van der Waals surface area (Å²) < 4.78 is 0. The molecule has 0 aliphatic heterocycles. The average molecular weight is 271 g/mol. The van der Waals surface area contributed by atoms with Crippen molar-refractivity contribution in [1.29, 1.82) is 0 Å². The van der Waals surface area contributed by atoms with Crippen molar-refractivity contribution >= 4 is 16.8 Å². The smallest absolute Gasteiger partial charge is 0.251 e. The topological polar surface area (TPSA) is 68.0 Å². The second kappa shape index (κ2) is 7.01. The van der Waals surface area contributed by atoms with Crippen LogP contribution in [-0.4, -0.2) is 23.5 Å². The summed E-state index contributed by atoms with van der Waals surface area (Å²) >= 11 is 0. The molecule has 0 aliphatic carbocycles. The summed E-state index contributed by atoms with van der Waals surface area (Å²) in [6.07, 6.45) is 4.85. The van der Waals surface area contributed by atoms with Gasteiger partial charge in [-0.25, -0.2) is 0 Å². The van der Waals surface area contributed by atoms with E-state index in [2.05, 4.69) is 17.2 Å². The third-order valence-electron chi connectivity index (χ3n) is 3.39. The van der Waals surface area contributed by atoms with E-state index in [9.17, 15) is 4.79 Å². The molecule has 1 aromatic carbocycles. The molecule has 0 saturated carbocycles. The Morgan fingerprint density at radius 3 is 3.00 bits per heavy atom. The second-order valence-corrected chi connectivity index (χ2v) is 4.96. The molecule has 2 rings (SSSR count). The number of rotatable bonds is 6. The third-order valence-corrected chi connectivity index (χ3v) is 3.39. The Balaban J connectivity index is 2.10. The molecule has 0 aliphatic rings. The van der Waals surface area contributed by atoms with Crippen molar-refractivity contribution in [3.05, 3.63) is 42.1 Å². The van der Waals surface area contributed by atoms with Gasteiger partial charge in [0, 0.05) is 29.7 Å². The second-order valence-electron chi connectivity index (χ2n) is 4.96. The number of nitrogens with zero attached hydrogens (tertiary/aromatic N) is 1. The van der Waals surface area contributed by atoms with Gasteiger partial charge < -0.3 is 11.1 Å². The van der Waals surface area contributed by atoms with Crippen LogP contribution in [0.15, 0.2) is 36.5 Å². The van der Waals surface area contributed by atoms with Gasteiger partial charge in [-0.15, -0.1) is 0 Å². The van der Waals surface area contributed by atoms with Crippen molar-refractivity contribution in [3.63, 3.8) is 0 Å². The Morgan fingerprint density at radius 1 is 1.40 bits per heavy atom. The number of aromatic nitrogens is 1. The molecule has 1 amide bonds. The first kappa shape index (κ1) is 14.5. The Bertz CT molecular complexity index is 583. The number of carbonyl (C=O) groups excluding carboxylic acids is 1. The van der Waals surface area contributed by atoms with E-state index in [1.54, 1.807) is 12.3 Å². The summed E-state index contributed by atoms with van der Waals surface area (Å²) in [5.74, 6) is -0.0673. The fourth-order valence-electron chi connectivity index (χ4n) is 2.19. The van der Waals surface area contributed by atoms with Crippen LogP contribution >= 0.6 is 0 Å². The van der Waals surface area contributed by atoms with Gasteiger partial charge in [0.15, 0.2) is 0 Å². The molecule has 3 N–H and O–H groups in total. The normalized spacial score (nSPS) is 12.3. The van der Waals surface area contributed by atoms with Gasteiger partial charge in [-0.1, -0.05) is 25.8 Å². The lowest BCUT2D eigenvalue weighted by Crippen LogP contribution is -2.40. The molecule has 1 unspecified atom stereocenters. The van der Waals surface area contributed by atoms with Crippen molar-refractivity contribution < 1.29 is 4.79 Å². The minimum Gasteiger partial charge on any atom is -0.348 e. The SMILES string of the molecule is CCCCC(CN)NC(=O)c1ccc2ncccc2c1. The summed E-state index contributed by atoms with van der Waals surface area (Å²) in [4.78, 5) is 16.5. The maximum absolute atomic E-state index is 12.2. The highest BCUT2D eigenvalue weighted by molar-refractivity contribution is 5.98. The van der Waals surface area contributed by atoms with E-state index in [4.69, 9.17) is 5.73 Å². The van der Waals surface area contributed by atoms with E-state index in [1.807, 2.05) is 24.3 Å². The van der Waals surface area contributed by atoms with E-state index in [0.717, 1.165) is 30.2 Å². The van der Waals surface area contributed by atoms with E-state index >= 15 is 0 Å². The van der Waals surface area contributed by atoms with Crippen molar-refractivity contribution in [2.45, 2.75) is 32.2 Å². The van der Waals surface area contributed by atoms with Gasteiger partial charge in [0.05, 0.1) is 5.52 Å². The zero-order chi connectivity index (χ0) is 14.4. The maximum atomic E-state index is 12.2. The van der Waals surface area contributed by atoms with Crippen molar-refractivity contribution in [2.24, 2.45) is 5.73 Å². The van der Waals surface area contributed by atoms with Gasteiger partial charge in [-0.2, -0.15) is 0 Å². The number of benzene rings is 1. The Labute approximate surface area is 119 Å². The first-order valence-corrected chi connectivity index (χ1v) is 7.10. The predicted octanol–water partition coefficient (Wildman–Crippen LogP) is 2.48. The lowest BCUT2D eigenvalue weighted by molar-refractivity contribution is 0.0936. The third kappa shape index (κ3) is 3.54. The molecule has 106 valence electrons. The van der Waals surface area contributed by atoms with Gasteiger partial charge in [-0.3, -0.25) is 9.78 Å². The summed E-state index contributed by atoms with van der Waals surface area (Å²) in [7, 11) is 0. The van der Waals surface area contributed by atoms with Crippen molar-refractivity contribution in [1.82, 2.24) is 10.3 Å². The lowest BCUT2D eigenvalue weighted by Gasteiger charge is -2.16. The molecule has 1 heterocycles. The van der Waals surface area contributed by atoms with Crippen LogP contribution in [0.4, 0.5) is 0 Å². The molecule has 1 aromatic heterocycles. The maximum Gasteiger partial charge on any atom is 0.251 e.